The van der Waals surface area contributed by atoms with Gasteiger partial charge in [0.05, 0.1) is 18.6 Å². The monoisotopic (exact) mass is 247 g/mol. The molecule has 1 aromatic rings. The molecule has 1 heterocycles. The minimum Gasteiger partial charge on any atom is -0.376 e. The second-order valence-electron chi connectivity index (χ2n) is 5.07. The standard InChI is InChI=1S/C15H21NO2/c1-11-5-3-6-13(9-11)10-15(17)16-12(2)14-7-4-8-18-14/h3,5-6,9,12,14H,4,7-8,10H2,1-2H3,(H,16,17)/t12-,14+/m1/s1. The number of ether oxygens (including phenoxy) is 1. The highest BCUT2D eigenvalue weighted by Crippen LogP contribution is 2.15. The molecule has 0 aliphatic carbocycles. The van der Waals surface area contributed by atoms with Crippen molar-refractivity contribution >= 4 is 5.91 Å². The molecule has 1 aromatic carbocycles. The Balaban J connectivity index is 1.84. The van der Waals surface area contributed by atoms with Crippen LogP contribution >= 0.6 is 0 Å². The highest BCUT2D eigenvalue weighted by molar-refractivity contribution is 5.78. The van der Waals surface area contributed by atoms with Gasteiger partial charge in [-0.05, 0) is 32.3 Å². The molecule has 0 unspecified atom stereocenters. The largest absolute Gasteiger partial charge is 0.376 e. The maximum absolute atomic E-state index is 11.9. The first-order chi connectivity index (χ1) is 8.65. The van der Waals surface area contributed by atoms with E-state index in [1.165, 1.54) is 5.56 Å². The summed E-state index contributed by atoms with van der Waals surface area (Å²) in [6.45, 7) is 4.88. The number of rotatable bonds is 4. The van der Waals surface area contributed by atoms with Gasteiger partial charge in [0.1, 0.15) is 0 Å². The molecular formula is C15H21NO2. The van der Waals surface area contributed by atoms with E-state index in [0.29, 0.717) is 6.42 Å². The molecule has 98 valence electrons. The van der Waals surface area contributed by atoms with Crippen molar-refractivity contribution in [3.63, 3.8) is 0 Å². The Hall–Kier alpha value is -1.35. The summed E-state index contributed by atoms with van der Waals surface area (Å²) in [5, 5.41) is 3.03. The first-order valence-corrected chi connectivity index (χ1v) is 6.61. The second kappa shape index (κ2) is 6.01. The van der Waals surface area contributed by atoms with Gasteiger partial charge in [-0.3, -0.25) is 4.79 Å². The maximum atomic E-state index is 11.9. The van der Waals surface area contributed by atoms with Crippen LogP contribution in [0.2, 0.25) is 0 Å². The van der Waals surface area contributed by atoms with E-state index in [2.05, 4.69) is 11.4 Å². The summed E-state index contributed by atoms with van der Waals surface area (Å²) in [6.07, 6.45) is 2.78. The molecule has 0 saturated carbocycles. The fourth-order valence-corrected chi connectivity index (χ4v) is 2.40. The summed E-state index contributed by atoms with van der Waals surface area (Å²) >= 11 is 0. The predicted molar refractivity (Wildman–Crippen MR) is 71.5 cm³/mol. The molecule has 0 aromatic heterocycles. The zero-order valence-electron chi connectivity index (χ0n) is 11.1. The van der Waals surface area contributed by atoms with Crippen LogP contribution in [0.4, 0.5) is 0 Å². The van der Waals surface area contributed by atoms with Crippen molar-refractivity contribution in [3.05, 3.63) is 35.4 Å². The highest BCUT2D eigenvalue weighted by Gasteiger charge is 2.23. The zero-order chi connectivity index (χ0) is 13.0. The number of carbonyl (C=O) groups excluding carboxylic acids is 1. The Kier molecular flexibility index (Phi) is 4.37. The lowest BCUT2D eigenvalue weighted by atomic mass is 10.1. The Labute approximate surface area is 109 Å². The molecule has 1 fully saturated rings. The van der Waals surface area contributed by atoms with Crippen LogP contribution < -0.4 is 5.32 Å². The SMILES string of the molecule is Cc1cccc(CC(=O)N[C@H](C)[C@@H]2CCCO2)c1. The van der Waals surface area contributed by atoms with Gasteiger partial charge in [-0.2, -0.15) is 0 Å². The van der Waals surface area contributed by atoms with E-state index in [4.69, 9.17) is 4.74 Å². The number of amides is 1. The summed E-state index contributed by atoms with van der Waals surface area (Å²) in [4.78, 5) is 11.9. The van der Waals surface area contributed by atoms with Gasteiger partial charge in [0, 0.05) is 6.61 Å². The fraction of sp³-hybridized carbons (Fsp3) is 0.533. The van der Waals surface area contributed by atoms with Crippen molar-refractivity contribution < 1.29 is 9.53 Å². The van der Waals surface area contributed by atoms with E-state index in [1.807, 2.05) is 32.0 Å². The third-order valence-electron chi connectivity index (χ3n) is 3.36. The molecule has 1 N–H and O–H groups in total. The number of hydrogen-bond donors (Lipinski definition) is 1. The van der Waals surface area contributed by atoms with Crippen LogP contribution in [-0.4, -0.2) is 24.7 Å². The Morgan fingerprint density at radius 2 is 2.39 bits per heavy atom. The molecule has 2 rings (SSSR count). The van der Waals surface area contributed by atoms with Crippen LogP contribution in [0.3, 0.4) is 0 Å². The van der Waals surface area contributed by atoms with Gasteiger partial charge >= 0.3 is 0 Å². The van der Waals surface area contributed by atoms with E-state index in [0.717, 1.165) is 25.0 Å². The summed E-state index contributed by atoms with van der Waals surface area (Å²) in [5.74, 6) is 0.0728. The lowest BCUT2D eigenvalue weighted by Crippen LogP contribution is -2.41. The van der Waals surface area contributed by atoms with Gasteiger partial charge in [-0.1, -0.05) is 29.8 Å². The fourth-order valence-electron chi connectivity index (χ4n) is 2.40. The van der Waals surface area contributed by atoms with Crippen molar-refractivity contribution in [1.29, 1.82) is 0 Å². The number of nitrogens with one attached hydrogen (secondary N) is 1. The molecular weight excluding hydrogens is 226 g/mol. The highest BCUT2D eigenvalue weighted by atomic mass is 16.5. The van der Waals surface area contributed by atoms with Gasteiger partial charge in [-0.25, -0.2) is 0 Å². The normalized spacial score (nSPS) is 20.7. The van der Waals surface area contributed by atoms with Gasteiger partial charge < -0.3 is 10.1 Å². The molecule has 3 heteroatoms. The lowest BCUT2D eigenvalue weighted by Gasteiger charge is -2.20. The Morgan fingerprint density at radius 1 is 1.56 bits per heavy atom. The lowest BCUT2D eigenvalue weighted by molar-refractivity contribution is -0.121. The first kappa shape index (κ1) is 13.1. The molecule has 1 amide bonds. The number of hydrogen-bond acceptors (Lipinski definition) is 2. The average Bonchev–Trinajstić information content (AvgIpc) is 2.81. The first-order valence-electron chi connectivity index (χ1n) is 6.61. The van der Waals surface area contributed by atoms with Crippen molar-refractivity contribution in [1.82, 2.24) is 5.32 Å². The van der Waals surface area contributed by atoms with E-state index in [1.54, 1.807) is 0 Å². The molecule has 18 heavy (non-hydrogen) atoms. The van der Waals surface area contributed by atoms with Crippen molar-refractivity contribution in [2.24, 2.45) is 0 Å². The summed E-state index contributed by atoms with van der Waals surface area (Å²) in [7, 11) is 0. The minimum absolute atomic E-state index is 0.0728. The molecule has 0 spiro atoms. The van der Waals surface area contributed by atoms with Gasteiger partial charge in [0.15, 0.2) is 0 Å². The molecule has 0 radical (unpaired) electrons. The van der Waals surface area contributed by atoms with E-state index in [-0.39, 0.29) is 18.1 Å². The number of carbonyl (C=O) groups is 1. The summed E-state index contributed by atoms with van der Waals surface area (Å²) in [5.41, 5.74) is 2.25. The van der Waals surface area contributed by atoms with E-state index in [9.17, 15) is 4.79 Å². The summed E-state index contributed by atoms with van der Waals surface area (Å²) < 4.78 is 5.57. The van der Waals surface area contributed by atoms with E-state index >= 15 is 0 Å². The quantitative estimate of drug-likeness (QED) is 0.886. The number of benzene rings is 1. The second-order valence-corrected chi connectivity index (χ2v) is 5.07. The van der Waals surface area contributed by atoms with Gasteiger partial charge in [0.25, 0.3) is 0 Å². The molecule has 3 nitrogen and oxygen atoms in total. The predicted octanol–water partition coefficient (Wildman–Crippen LogP) is 2.22. The third kappa shape index (κ3) is 3.57. The van der Waals surface area contributed by atoms with Crippen LogP contribution in [-0.2, 0) is 16.0 Å². The molecule has 1 aliphatic rings. The molecule has 0 bridgehead atoms. The van der Waals surface area contributed by atoms with Crippen LogP contribution in [0.5, 0.6) is 0 Å². The third-order valence-corrected chi connectivity index (χ3v) is 3.36. The van der Waals surface area contributed by atoms with Gasteiger partial charge in [-0.15, -0.1) is 0 Å². The minimum atomic E-state index is 0.0728. The molecule has 2 atom stereocenters. The smallest absolute Gasteiger partial charge is 0.224 e. The molecule has 1 aliphatic heterocycles. The average molecular weight is 247 g/mol. The van der Waals surface area contributed by atoms with Gasteiger partial charge in [0.2, 0.25) is 5.91 Å². The Bertz CT molecular complexity index is 411. The molecule has 1 saturated heterocycles. The van der Waals surface area contributed by atoms with Crippen molar-refractivity contribution in [2.75, 3.05) is 6.61 Å². The van der Waals surface area contributed by atoms with E-state index < -0.39 is 0 Å². The van der Waals surface area contributed by atoms with Crippen molar-refractivity contribution in [2.45, 2.75) is 45.3 Å². The summed E-state index contributed by atoms with van der Waals surface area (Å²) in [6, 6.07) is 8.17. The van der Waals surface area contributed by atoms with Crippen LogP contribution in [0.25, 0.3) is 0 Å². The van der Waals surface area contributed by atoms with Crippen LogP contribution in [0.15, 0.2) is 24.3 Å². The zero-order valence-corrected chi connectivity index (χ0v) is 11.1. The topological polar surface area (TPSA) is 38.3 Å². The van der Waals surface area contributed by atoms with Crippen molar-refractivity contribution in [3.8, 4) is 0 Å². The number of aryl methyl sites for hydroxylation is 1. The Morgan fingerprint density at radius 3 is 3.06 bits per heavy atom. The van der Waals surface area contributed by atoms with Crippen LogP contribution in [0, 0.1) is 6.92 Å². The van der Waals surface area contributed by atoms with Crippen LogP contribution in [0.1, 0.15) is 30.9 Å². The maximum Gasteiger partial charge on any atom is 0.224 e.